The van der Waals surface area contributed by atoms with E-state index in [1.54, 1.807) is 0 Å². The Kier molecular flexibility index (Phi) is 4.77. The highest BCUT2D eigenvalue weighted by atomic mass is 79.9. The van der Waals surface area contributed by atoms with Crippen molar-refractivity contribution >= 4 is 33.2 Å². The number of nitrogens with one attached hydrogen (secondary N) is 1. The average Bonchev–Trinajstić information content (AvgIpc) is 2.78. The summed E-state index contributed by atoms with van der Waals surface area (Å²) in [5.74, 6) is 0.0251. The van der Waals surface area contributed by atoms with E-state index >= 15 is 0 Å². The third kappa shape index (κ3) is 3.91. The molecule has 0 aliphatic rings. The van der Waals surface area contributed by atoms with E-state index in [0.29, 0.717) is 0 Å². The van der Waals surface area contributed by atoms with Crippen LogP contribution in [-0.2, 0) is 6.42 Å². The third-order valence-electron chi connectivity index (χ3n) is 2.90. The molecule has 1 aromatic carbocycles. The van der Waals surface area contributed by atoms with Crippen molar-refractivity contribution in [1.29, 1.82) is 0 Å². The van der Waals surface area contributed by atoms with Crippen LogP contribution in [0.25, 0.3) is 0 Å². The molecule has 1 aromatic heterocycles. The molecule has 100 valence electrons. The van der Waals surface area contributed by atoms with Crippen molar-refractivity contribution in [2.75, 3.05) is 0 Å². The van der Waals surface area contributed by atoms with Crippen molar-refractivity contribution in [1.82, 2.24) is 5.32 Å². The summed E-state index contributed by atoms with van der Waals surface area (Å²) in [4.78, 5) is 12.9. The van der Waals surface area contributed by atoms with Crippen molar-refractivity contribution in [3.05, 3.63) is 56.2 Å². The number of carbonyl (C=O) groups is 1. The number of halogens is 1. The van der Waals surface area contributed by atoms with Crippen molar-refractivity contribution in [3.63, 3.8) is 0 Å². The second-order valence-corrected chi connectivity index (χ2v) is 6.47. The van der Waals surface area contributed by atoms with Gasteiger partial charge in [0.05, 0.1) is 4.88 Å². The summed E-state index contributed by atoms with van der Waals surface area (Å²) >= 11 is 4.91. The van der Waals surface area contributed by atoms with E-state index in [1.165, 1.54) is 16.9 Å². The number of thiophene rings is 1. The van der Waals surface area contributed by atoms with Crippen LogP contribution in [0.15, 0.2) is 40.2 Å². The van der Waals surface area contributed by atoms with E-state index in [9.17, 15) is 4.79 Å². The van der Waals surface area contributed by atoms with Crippen LogP contribution in [0.3, 0.4) is 0 Å². The van der Waals surface area contributed by atoms with Gasteiger partial charge in [0.1, 0.15) is 0 Å². The quantitative estimate of drug-likeness (QED) is 0.890. The molecule has 0 saturated carbocycles. The zero-order chi connectivity index (χ0) is 13.8. The van der Waals surface area contributed by atoms with E-state index in [0.717, 1.165) is 21.3 Å². The van der Waals surface area contributed by atoms with Gasteiger partial charge in [-0.25, -0.2) is 0 Å². The lowest BCUT2D eigenvalue weighted by molar-refractivity contribution is 0.0943. The van der Waals surface area contributed by atoms with Gasteiger partial charge >= 0.3 is 0 Å². The second kappa shape index (κ2) is 6.35. The lowest BCUT2D eigenvalue weighted by atomic mass is 10.1. The molecule has 2 nitrogen and oxygen atoms in total. The van der Waals surface area contributed by atoms with Crippen LogP contribution in [0.1, 0.15) is 27.7 Å². The summed E-state index contributed by atoms with van der Waals surface area (Å²) in [6, 6.07) is 10.3. The largest absolute Gasteiger partial charge is 0.349 e. The number of carbonyl (C=O) groups excluding carboxylic acids is 1. The van der Waals surface area contributed by atoms with Crippen molar-refractivity contribution in [2.45, 2.75) is 26.3 Å². The first-order valence-electron chi connectivity index (χ1n) is 6.15. The first-order valence-corrected chi connectivity index (χ1v) is 7.83. The SMILES string of the molecule is Cc1ccsc1C(=O)N[C@H](C)Cc1ccc(Br)cc1. The number of hydrogen-bond acceptors (Lipinski definition) is 2. The van der Waals surface area contributed by atoms with E-state index < -0.39 is 0 Å². The maximum Gasteiger partial charge on any atom is 0.261 e. The summed E-state index contributed by atoms with van der Waals surface area (Å²) in [7, 11) is 0. The summed E-state index contributed by atoms with van der Waals surface area (Å²) < 4.78 is 1.07. The molecule has 1 heterocycles. The van der Waals surface area contributed by atoms with Crippen LogP contribution in [0, 0.1) is 6.92 Å². The normalized spacial score (nSPS) is 12.2. The topological polar surface area (TPSA) is 29.1 Å². The number of benzene rings is 1. The molecule has 2 rings (SSSR count). The zero-order valence-electron chi connectivity index (χ0n) is 10.9. The van der Waals surface area contributed by atoms with Crippen LogP contribution in [0.4, 0.5) is 0 Å². The summed E-state index contributed by atoms with van der Waals surface area (Å²) in [5, 5.41) is 4.99. The third-order valence-corrected chi connectivity index (χ3v) is 4.44. The fraction of sp³-hybridized carbons (Fsp3) is 0.267. The Bertz CT molecular complexity index is 562. The van der Waals surface area contributed by atoms with Crippen molar-refractivity contribution in [3.8, 4) is 0 Å². The minimum Gasteiger partial charge on any atom is -0.349 e. The Labute approximate surface area is 126 Å². The lowest BCUT2D eigenvalue weighted by Crippen LogP contribution is -2.33. The monoisotopic (exact) mass is 337 g/mol. The number of hydrogen-bond donors (Lipinski definition) is 1. The van der Waals surface area contributed by atoms with Crippen LogP contribution < -0.4 is 5.32 Å². The molecule has 4 heteroatoms. The predicted molar refractivity (Wildman–Crippen MR) is 83.8 cm³/mol. The number of amides is 1. The van der Waals surface area contributed by atoms with E-state index in [-0.39, 0.29) is 11.9 Å². The molecule has 0 aliphatic heterocycles. The van der Waals surface area contributed by atoms with Gasteiger partial charge in [-0.05, 0) is 55.0 Å². The molecule has 0 radical (unpaired) electrons. The lowest BCUT2D eigenvalue weighted by Gasteiger charge is -2.13. The number of aryl methyl sites for hydroxylation is 1. The molecule has 0 unspecified atom stereocenters. The highest BCUT2D eigenvalue weighted by Crippen LogP contribution is 2.16. The molecular weight excluding hydrogens is 322 g/mol. The van der Waals surface area contributed by atoms with Gasteiger partial charge in [-0.15, -0.1) is 11.3 Å². The van der Waals surface area contributed by atoms with Gasteiger partial charge in [-0.2, -0.15) is 0 Å². The van der Waals surface area contributed by atoms with E-state index in [2.05, 4.69) is 33.4 Å². The summed E-state index contributed by atoms with van der Waals surface area (Å²) in [6.45, 7) is 3.99. The van der Waals surface area contributed by atoms with Crippen LogP contribution >= 0.6 is 27.3 Å². The van der Waals surface area contributed by atoms with Gasteiger partial charge in [0.2, 0.25) is 0 Å². The zero-order valence-corrected chi connectivity index (χ0v) is 13.3. The Hall–Kier alpha value is -1.13. The highest BCUT2D eigenvalue weighted by Gasteiger charge is 2.13. The predicted octanol–water partition coefficient (Wildman–Crippen LogP) is 4.18. The van der Waals surface area contributed by atoms with Crippen LogP contribution in [0.2, 0.25) is 0 Å². The molecule has 1 N–H and O–H groups in total. The van der Waals surface area contributed by atoms with Crippen LogP contribution in [-0.4, -0.2) is 11.9 Å². The minimum atomic E-state index is 0.0251. The van der Waals surface area contributed by atoms with Gasteiger partial charge in [-0.3, -0.25) is 4.79 Å². The summed E-state index contributed by atoms with van der Waals surface area (Å²) in [5.41, 5.74) is 2.26. The maximum atomic E-state index is 12.1. The Morgan fingerprint density at radius 1 is 1.32 bits per heavy atom. The standard InChI is InChI=1S/C15H16BrNOS/c1-10-7-8-19-14(10)15(18)17-11(2)9-12-3-5-13(16)6-4-12/h3-8,11H,9H2,1-2H3,(H,17,18)/t11-/m1/s1. The fourth-order valence-electron chi connectivity index (χ4n) is 1.92. The smallest absolute Gasteiger partial charge is 0.261 e. The Balaban J connectivity index is 1.94. The molecule has 0 saturated heterocycles. The molecule has 2 aromatic rings. The van der Waals surface area contributed by atoms with Gasteiger partial charge in [0.25, 0.3) is 5.91 Å². The maximum absolute atomic E-state index is 12.1. The van der Waals surface area contributed by atoms with E-state index in [1.807, 2.05) is 37.4 Å². The van der Waals surface area contributed by atoms with Gasteiger partial charge in [0, 0.05) is 10.5 Å². The second-order valence-electron chi connectivity index (χ2n) is 4.64. The van der Waals surface area contributed by atoms with Crippen molar-refractivity contribution in [2.24, 2.45) is 0 Å². The average molecular weight is 338 g/mol. The first-order chi connectivity index (χ1) is 9.06. The van der Waals surface area contributed by atoms with Gasteiger partial charge in [-0.1, -0.05) is 28.1 Å². The van der Waals surface area contributed by atoms with Gasteiger partial charge in [0.15, 0.2) is 0 Å². The molecular formula is C15H16BrNOS. The minimum absolute atomic E-state index is 0.0251. The molecule has 1 amide bonds. The molecule has 0 aliphatic carbocycles. The van der Waals surface area contributed by atoms with E-state index in [4.69, 9.17) is 0 Å². The van der Waals surface area contributed by atoms with Gasteiger partial charge < -0.3 is 5.32 Å². The fourth-order valence-corrected chi connectivity index (χ4v) is 3.01. The summed E-state index contributed by atoms with van der Waals surface area (Å²) in [6.07, 6.45) is 0.837. The highest BCUT2D eigenvalue weighted by molar-refractivity contribution is 9.10. The van der Waals surface area contributed by atoms with Crippen LogP contribution in [0.5, 0.6) is 0 Å². The molecule has 0 fully saturated rings. The molecule has 0 bridgehead atoms. The van der Waals surface area contributed by atoms with Crippen molar-refractivity contribution < 1.29 is 4.79 Å². The Morgan fingerprint density at radius 3 is 2.58 bits per heavy atom. The first kappa shape index (κ1) is 14.3. The Morgan fingerprint density at radius 2 is 2.00 bits per heavy atom. The molecule has 19 heavy (non-hydrogen) atoms. The molecule has 0 spiro atoms. The molecule has 1 atom stereocenters. The number of rotatable bonds is 4.